The molecule has 0 aromatic heterocycles. The van der Waals surface area contributed by atoms with E-state index in [2.05, 4.69) is 38.1 Å². The van der Waals surface area contributed by atoms with Gasteiger partial charge in [0.1, 0.15) is 5.82 Å². The van der Waals surface area contributed by atoms with Gasteiger partial charge >= 0.3 is 0 Å². The molecule has 0 bridgehead atoms. The minimum atomic E-state index is -0.169. The Labute approximate surface area is 108 Å². The number of benzene rings is 2. The van der Waals surface area contributed by atoms with Gasteiger partial charge < -0.3 is 0 Å². The predicted octanol–water partition coefficient (Wildman–Crippen LogP) is 4.93. The Morgan fingerprint density at radius 1 is 0.944 bits per heavy atom. The van der Waals surface area contributed by atoms with Gasteiger partial charge in [-0.05, 0) is 41.7 Å². The highest BCUT2D eigenvalue weighted by Gasteiger charge is 2.14. The molecule has 0 saturated carbocycles. The first-order valence-corrected chi connectivity index (χ1v) is 6.59. The van der Waals surface area contributed by atoms with Crippen LogP contribution in [-0.2, 0) is 6.42 Å². The molecule has 2 aromatic rings. The number of hydrogen-bond donors (Lipinski definition) is 0. The number of halogens is 1. The van der Waals surface area contributed by atoms with Crippen molar-refractivity contribution in [1.82, 2.24) is 0 Å². The Morgan fingerprint density at radius 3 is 2.22 bits per heavy atom. The van der Waals surface area contributed by atoms with E-state index in [4.69, 9.17) is 0 Å². The van der Waals surface area contributed by atoms with E-state index in [1.54, 1.807) is 12.1 Å². The van der Waals surface area contributed by atoms with Crippen molar-refractivity contribution in [2.75, 3.05) is 0 Å². The van der Waals surface area contributed by atoms with Crippen LogP contribution in [0, 0.1) is 5.82 Å². The van der Waals surface area contributed by atoms with Crippen molar-refractivity contribution in [2.45, 2.75) is 32.6 Å². The van der Waals surface area contributed by atoms with Crippen LogP contribution in [0.4, 0.5) is 4.39 Å². The van der Waals surface area contributed by atoms with Gasteiger partial charge in [-0.2, -0.15) is 0 Å². The molecule has 0 fully saturated rings. The summed E-state index contributed by atoms with van der Waals surface area (Å²) < 4.78 is 13.0. The Bertz CT molecular complexity index is 499. The monoisotopic (exact) mass is 242 g/mol. The van der Waals surface area contributed by atoms with E-state index >= 15 is 0 Å². The van der Waals surface area contributed by atoms with E-state index in [-0.39, 0.29) is 5.82 Å². The lowest BCUT2D eigenvalue weighted by molar-refractivity contribution is 0.625. The SMILES string of the molecule is CCc1ccccc1C(CC)c1ccc(F)cc1. The Kier molecular flexibility index (Phi) is 4.14. The van der Waals surface area contributed by atoms with Crippen molar-refractivity contribution in [3.8, 4) is 0 Å². The summed E-state index contributed by atoms with van der Waals surface area (Å²) in [6, 6.07) is 15.4. The molecule has 1 unspecified atom stereocenters. The molecule has 2 rings (SSSR count). The fourth-order valence-corrected chi connectivity index (χ4v) is 2.53. The molecule has 0 amide bonds. The van der Waals surface area contributed by atoms with Gasteiger partial charge in [0, 0.05) is 5.92 Å². The van der Waals surface area contributed by atoms with Gasteiger partial charge in [0.05, 0.1) is 0 Å². The molecule has 0 aliphatic heterocycles. The standard InChI is InChI=1S/C17H19F/c1-3-13-7-5-6-8-17(13)16(4-2)14-9-11-15(18)12-10-14/h5-12,16H,3-4H2,1-2H3. The maximum atomic E-state index is 13.0. The van der Waals surface area contributed by atoms with E-state index < -0.39 is 0 Å². The van der Waals surface area contributed by atoms with Crippen LogP contribution in [0.5, 0.6) is 0 Å². The summed E-state index contributed by atoms with van der Waals surface area (Å²) in [5.74, 6) is 0.194. The van der Waals surface area contributed by atoms with E-state index in [0.717, 1.165) is 12.8 Å². The first kappa shape index (κ1) is 12.8. The minimum Gasteiger partial charge on any atom is -0.207 e. The van der Waals surface area contributed by atoms with E-state index in [1.165, 1.54) is 16.7 Å². The average Bonchev–Trinajstić information content (AvgIpc) is 2.42. The number of rotatable bonds is 4. The molecular formula is C17H19F. The van der Waals surface area contributed by atoms with E-state index in [0.29, 0.717) is 5.92 Å². The summed E-state index contributed by atoms with van der Waals surface area (Å²) >= 11 is 0. The van der Waals surface area contributed by atoms with Crippen LogP contribution < -0.4 is 0 Å². The zero-order valence-electron chi connectivity index (χ0n) is 11.0. The molecule has 0 heterocycles. The third-order valence-corrected chi connectivity index (χ3v) is 3.49. The maximum absolute atomic E-state index is 13.0. The van der Waals surface area contributed by atoms with Crippen molar-refractivity contribution in [2.24, 2.45) is 0 Å². The van der Waals surface area contributed by atoms with Crippen molar-refractivity contribution in [3.63, 3.8) is 0 Å². The second-order valence-electron chi connectivity index (χ2n) is 4.56. The zero-order chi connectivity index (χ0) is 13.0. The summed E-state index contributed by atoms with van der Waals surface area (Å²) in [5.41, 5.74) is 3.95. The Morgan fingerprint density at radius 2 is 1.61 bits per heavy atom. The lowest BCUT2D eigenvalue weighted by Gasteiger charge is -2.19. The molecular weight excluding hydrogens is 223 g/mol. The van der Waals surface area contributed by atoms with Crippen LogP contribution in [0.3, 0.4) is 0 Å². The van der Waals surface area contributed by atoms with Crippen molar-refractivity contribution in [1.29, 1.82) is 0 Å². The molecule has 2 aromatic carbocycles. The highest BCUT2D eigenvalue weighted by molar-refractivity contribution is 5.38. The highest BCUT2D eigenvalue weighted by Crippen LogP contribution is 2.30. The first-order chi connectivity index (χ1) is 8.76. The normalized spacial score (nSPS) is 12.4. The summed E-state index contributed by atoms with van der Waals surface area (Å²) in [6.45, 7) is 4.36. The fraction of sp³-hybridized carbons (Fsp3) is 0.294. The molecule has 94 valence electrons. The van der Waals surface area contributed by atoms with Crippen LogP contribution in [0.1, 0.15) is 42.9 Å². The molecule has 1 heteroatoms. The summed E-state index contributed by atoms with van der Waals surface area (Å²) in [7, 11) is 0. The summed E-state index contributed by atoms with van der Waals surface area (Å²) in [6.07, 6.45) is 2.07. The van der Waals surface area contributed by atoms with Gasteiger partial charge in [-0.25, -0.2) is 4.39 Å². The van der Waals surface area contributed by atoms with Gasteiger partial charge in [-0.15, -0.1) is 0 Å². The van der Waals surface area contributed by atoms with Gasteiger partial charge in [-0.3, -0.25) is 0 Å². The first-order valence-electron chi connectivity index (χ1n) is 6.59. The lowest BCUT2D eigenvalue weighted by atomic mass is 9.85. The molecule has 1 atom stereocenters. The third kappa shape index (κ3) is 2.61. The zero-order valence-corrected chi connectivity index (χ0v) is 11.0. The molecule has 18 heavy (non-hydrogen) atoms. The topological polar surface area (TPSA) is 0 Å². The third-order valence-electron chi connectivity index (χ3n) is 3.49. The fourth-order valence-electron chi connectivity index (χ4n) is 2.53. The van der Waals surface area contributed by atoms with Crippen LogP contribution in [0.15, 0.2) is 48.5 Å². The van der Waals surface area contributed by atoms with Crippen LogP contribution >= 0.6 is 0 Å². The Hall–Kier alpha value is -1.63. The summed E-state index contributed by atoms with van der Waals surface area (Å²) in [4.78, 5) is 0. The highest BCUT2D eigenvalue weighted by atomic mass is 19.1. The van der Waals surface area contributed by atoms with Crippen LogP contribution in [0.2, 0.25) is 0 Å². The van der Waals surface area contributed by atoms with Gasteiger partial charge in [0.2, 0.25) is 0 Å². The smallest absolute Gasteiger partial charge is 0.123 e. The number of aryl methyl sites for hydroxylation is 1. The van der Waals surface area contributed by atoms with Gasteiger partial charge in [0.15, 0.2) is 0 Å². The maximum Gasteiger partial charge on any atom is 0.123 e. The molecule has 0 spiro atoms. The molecule has 0 saturated heterocycles. The average molecular weight is 242 g/mol. The van der Waals surface area contributed by atoms with Crippen molar-refractivity contribution < 1.29 is 4.39 Å². The molecule has 0 aliphatic rings. The quantitative estimate of drug-likeness (QED) is 0.713. The predicted molar refractivity (Wildman–Crippen MR) is 74.4 cm³/mol. The largest absolute Gasteiger partial charge is 0.207 e. The molecule has 0 nitrogen and oxygen atoms in total. The molecule has 0 N–H and O–H groups in total. The molecule has 0 aliphatic carbocycles. The van der Waals surface area contributed by atoms with E-state index in [1.807, 2.05) is 12.1 Å². The van der Waals surface area contributed by atoms with E-state index in [9.17, 15) is 4.39 Å². The van der Waals surface area contributed by atoms with Crippen LogP contribution in [0.25, 0.3) is 0 Å². The summed E-state index contributed by atoms with van der Waals surface area (Å²) in [5, 5.41) is 0. The van der Waals surface area contributed by atoms with Crippen molar-refractivity contribution >= 4 is 0 Å². The molecule has 0 radical (unpaired) electrons. The van der Waals surface area contributed by atoms with Crippen molar-refractivity contribution in [3.05, 3.63) is 71.0 Å². The minimum absolute atomic E-state index is 0.169. The second-order valence-corrected chi connectivity index (χ2v) is 4.56. The Balaban J connectivity index is 2.41. The van der Waals surface area contributed by atoms with Gasteiger partial charge in [0.25, 0.3) is 0 Å². The second kappa shape index (κ2) is 5.81. The van der Waals surface area contributed by atoms with Gasteiger partial charge in [-0.1, -0.05) is 50.2 Å². The van der Waals surface area contributed by atoms with Crippen LogP contribution in [-0.4, -0.2) is 0 Å². The lowest BCUT2D eigenvalue weighted by Crippen LogP contribution is -2.03. The number of hydrogen-bond acceptors (Lipinski definition) is 0.